The lowest BCUT2D eigenvalue weighted by Crippen LogP contribution is -2.61. The first-order chi connectivity index (χ1) is 26.8. The van der Waals surface area contributed by atoms with Crippen LogP contribution in [-0.4, -0.2) is 93.8 Å². The number of amides is 6. The molecule has 0 aliphatic carbocycles. The molecular weight excluding hydrogens is 736 g/mol. The van der Waals surface area contributed by atoms with Crippen LogP contribution >= 0.6 is 0 Å². The molecule has 6 amide bonds. The summed E-state index contributed by atoms with van der Waals surface area (Å²) in [7, 11) is 0. The molecule has 0 saturated carbocycles. The Bertz CT molecular complexity index is 1490. The average Bonchev–Trinajstić information content (AvgIpc) is 3.15. The maximum Gasteiger partial charge on any atom is 0.326 e. The summed E-state index contributed by atoms with van der Waals surface area (Å²) in [4.78, 5) is 104. The Morgan fingerprint density at radius 2 is 1.11 bits per heavy atom. The molecule has 16 heteroatoms. The number of carbonyl (C=O) groups is 8. The van der Waals surface area contributed by atoms with Gasteiger partial charge in [-0.2, -0.15) is 0 Å². The monoisotopic (exact) mass is 802 g/mol. The predicted octanol–water partition coefficient (Wildman–Crippen LogP) is 2.83. The Kier molecular flexibility index (Phi) is 22.8. The maximum absolute atomic E-state index is 14.0. The topological polar surface area (TPSA) is 249 Å². The lowest BCUT2D eigenvalue weighted by molar-refractivity contribution is -0.143. The van der Waals surface area contributed by atoms with E-state index in [9.17, 15) is 48.6 Å². The molecule has 0 bridgehead atoms. The van der Waals surface area contributed by atoms with Crippen molar-refractivity contribution in [3.05, 3.63) is 35.9 Å². The summed E-state index contributed by atoms with van der Waals surface area (Å²) in [5.41, 5.74) is 0.677. The normalized spacial score (nSPS) is 14.8. The van der Waals surface area contributed by atoms with E-state index in [1.165, 1.54) is 6.92 Å². The van der Waals surface area contributed by atoms with Crippen LogP contribution in [0.5, 0.6) is 0 Å². The zero-order chi connectivity index (χ0) is 43.2. The van der Waals surface area contributed by atoms with Crippen molar-refractivity contribution in [1.29, 1.82) is 0 Å². The van der Waals surface area contributed by atoms with Crippen molar-refractivity contribution >= 4 is 47.4 Å². The standard InChI is InChI=1S/C41H66N6O10/c1-9-11-12-13-17-20-31(48)45-33(24(3)4)39(54)44-30(23-28-18-15-14-16-19-28)38(53)43-29(21-22-32(49)50)37(52)47-35(26(7)10-2)40(55)42-27(8)36(51)46-34(25(5)6)41(56)57/h14-16,18-19,24-27,29-30,33-35H,9-13,17,20-23H2,1-8H3,(H,42,55)(H,43,53)(H,44,54)(H,45,48)(H,46,51)(H,47,52)(H,49,50)(H,56,57)/t26-,27-,29-,30-,33-,34-,35-/m0/s1. The van der Waals surface area contributed by atoms with Gasteiger partial charge in [0.1, 0.15) is 36.3 Å². The molecule has 0 saturated heterocycles. The molecule has 1 rings (SSSR count). The van der Waals surface area contributed by atoms with Gasteiger partial charge in [0.25, 0.3) is 0 Å². The Hall–Kier alpha value is -5.02. The zero-order valence-corrected chi connectivity index (χ0v) is 34.8. The van der Waals surface area contributed by atoms with Crippen LogP contribution in [0.1, 0.15) is 119 Å². The quantitative estimate of drug-likeness (QED) is 0.0605. The molecular formula is C41H66N6O10. The number of hydrogen-bond acceptors (Lipinski definition) is 8. The summed E-state index contributed by atoms with van der Waals surface area (Å²) < 4.78 is 0. The third kappa shape index (κ3) is 18.7. The summed E-state index contributed by atoms with van der Waals surface area (Å²) in [5.74, 6) is -7.82. The summed E-state index contributed by atoms with van der Waals surface area (Å²) in [6, 6.07) is 1.51. The number of unbranched alkanes of at least 4 members (excludes halogenated alkanes) is 4. The Morgan fingerprint density at radius 3 is 1.65 bits per heavy atom. The first-order valence-corrected chi connectivity index (χ1v) is 20.1. The highest BCUT2D eigenvalue weighted by molar-refractivity contribution is 5.97. The van der Waals surface area contributed by atoms with E-state index in [1.54, 1.807) is 71.9 Å². The van der Waals surface area contributed by atoms with Crippen LogP contribution in [0.4, 0.5) is 0 Å². The Labute approximate surface area is 336 Å². The van der Waals surface area contributed by atoms with Gasteiger partial charge in [0, 0.05) is 19.3 Å². The molecule has 0 aliphatic heterocycles. The first kappa shape index (κ1) is 50.0. The SMILES string of the molecule is CCCCCCCC(=O)N[C@H](C(=O)N[C@@H](Cc1ccccc1)C(=O)N[C@@H](CCC(=O)O)C(=O)N[C@H](C(=O)N[C@@H](C)C(=O)N[C@H](C(=O)O)C(C)C)[C@@H](C)CC)C(C)C. The van der Waals surface area contributed by atoms with Crippen LogP contribution in [0.3, 0.4) is 0 Å². The van der Waals surface area contributed by atoms with E-state index in [2.05, 4.69) is 38.8 Å². The molecule has 0 aromatic heterocycles. The number of nitrogens with one attached hydrogen (secondary N) is 6. The molecule has 1 aromatic rings. The van der Waals surface area contributed by atoms with Crippen LogP contribution in [0.2, 0.25) is 0 Å². The highest BCUT2D eigenvalue weighted by Crippen LogP contribution is 2.13. The number of rotatable bonds is 27. The van der Waals surface area contributed by atoms with Crippen LogP contribution in [-0.2, 0) is 44.8 Å². The highest BCUT2D eigenvalue weighted by Gasteiger charge is 2.35. The van der Waals surface area contributed by atoms with Crippen LogP contribution < -0.4 is 31.9 Å². The average molecular weight is 803 g/mol. The van der Waals surface area contributed by atoms with Gasteiger partial charge in [-0.1, -0.05) is 111 Å². The lowest BCUT2D eigenvalue weighted by atomic mass is 9.97. The number of carboxylic acid groups (broad SMARTS) is 2. The minimum absolute atomic E-state index is 0.000724. The molecule has 57 heavy (non-hydrogen) atoms. The number of aliphatic carboxylic acids is 2. The van der Waals surface area contributed by atoms with Crippen molar-refractivity contribution < 1.29 is 48.6 Å². The molecule has 0 radical (unpaired) electrons. The minimum atomic E-state index is -1.46. The largest absolute Gasteiger partial charge is 0.481 e. The van der Waals surface area contributed by atoms with E-state index in [0.29, 0.717) is 18.4 Å². The van der Waals surface area contributed by atoms with E-state index in [4.69, 9.17) is 0 Å². The van der Waals surface area contributed by atoms with Crippen LogP contribution in [0, 0.1) is 17.8 Å². The van der Waals surface area contributed by atoms with Gasteiger partial charge in [-0.3, -0.25) is 33.6 Å². The fourth-order valence-corrected chi connectivity index (χ4v) is 5.92. The second-order valence-corrected chi connectivity index (χ2v) is 15.4. The van der Waals surface area contributed by atoms with Crippen LogP contribution in [0.25, 0.3) is 0 Å². The van der Waals surface area contributed by atoms with Crippen molar-refractivity contribution in [2.45, 2.75) is 156 Å². The van der Waals surface area contributed by atoms with Gasteiger partial charge < -0.3 is 42.1 Å². The molecule has 0 unspecified atom stereocenters. The molecule has 8 N–H and O–H groups in total. The van der Waals surface area contributed by atoms with Gasteiger partial charge in [0.2, 0.25) is 35.4 Å². The zero-order valence-electron chi connectivity index (χ0n) is 34.8. The first-order valence-electron chi connectivity index (χ1n) is 20.1. The maximum atomic E-state index is 14.0. The Morgan fingerprint density at radius 1 is 0.561 bits per heavy atom. The third-order valence-electron chi connectivity index (χ3n) is 9.74. The second-order valence-electron chi connectivity index (χ2n) is 15.4. The van der Waals surface area contributed by atoms with Crippen molar-refractivity contribution in [1.82, 2.24) is 31.9 Å². The van der Waals surface area contributed by atoms with Gasteiger partial charge in [0.05, 0.1) is 0 Å². The molecule has 7 atom stereocenters. The molecule has 0 aliphatic rings. The molecule has 1 aromatic carbocycles. The number of benzene rings is 1. The molecule has 0 heterocycles. The van der Waals surface area contributed by atoms with Crippen molar-refractivity contribution in [2.24, 2.45) is 17.8 Å². The summed E-state index contributed by atoms with van der Waals surface area (Å²) in [6.45, 7) is 13.7. The molecule has 0 fully saturated rings. The highest BCUT2D eigenvalue weighted by atomic mass is 16.4. The molecule has 16 nitrogen and oxygen atoms in total. The molecule has 0 spiro atoms. The third-order valence-corrected chi connectivity index (χ3v) is 9.74. The van der Waals surface area contributed by atoms with Crippen molar-refractivity contribution in [3.63, 3.8) is 0 Å². The smallest absolute Gasteiger partial charge is 0.326 e. The van der Waals surface area contributed by atoms with E-state index in [1.807, 2.05) is 0 Å². The van der Waals surface area contributed by atoms with E-state index >= 15 is 0 Å². The van der Waals surface area contributed by atoms with Gasteiger partial charge >= 0.3 is 11.9 Å². The molecule has 320 valence electrons. The summed E-state index contributed by atoms with van der Waals surface area (Å²) in [5, 5.41) is 34.6. The predicted molar refractivity (Wildman–Crippen MR) is 214 cm³/mol. The lowest BCUT2D eigenvalue weighted by Gasteiger charge is -2.29. The van der Waals surface area contributed by atoms with Crippen molar-refractivity contribution in [2.75, 3.05) is 0 Å². The number of carboxylic acids is 2. The summed E-state index contributed by atoms with van der Waals surface area (Å²) >= 11 is 0. The van der Waals surface area contributed by atoms with E-state index in [-0.39, 0.29) is 31.1 Å². The Balaban J connectivity index is 3.30. The van der Waals surface area contributed by atoms with E-state index in [0.717, 1.165) is 25.7 Å². The van der Waals surface area contributed by atoms with Gasteiger partial charge in [0.15, 0.2) is 0 Å². The second kappa shape index (κ2) is 26.0. The van der Waals surface area contributed by atoms with Crippen molar-refractivity contribution in [3.8, 4) is 0 Å². The van der Waals surface area contributed by atoms with Gasteiger partial charge in [-0.05, 0) is 43.1 Å². The fraction of sp³-hybridized carbons (Fsp3) is 0.659. The summed E-state index contributed by atoms with van der Waals surface area (Å²) in [6.07, 6.45) is 4.49. The van der Waals surface area contributed by atoms with Gasteiger partial charge in [-0.25, -0.2) is 4.79 Å². The number of carbonyl (C=O) groups excluding carboxylic acids is 6. The van der Waals surface area contributed by atoms with Crippen LogP contribution in [0.15, 0.2) is 30.3 Å². The minimum Gasteiger partial charge on any atom is -0.481 e. The van der Waals surface area contributed by atoms with E-state index < -0.39 is 96.0 Å². The fourth-order valence-electron chi connectivity index (χ4n) is 5.92. The van der Waals surface area contributed by atoms with Gasteiger partial charge in [-0.15, -0.1) is 0 Å². The number of hydrogen-bond donors (Lipinski definition) is 8.